The molecule has 3 N–H and O–H groups in total. The number of urea groups is 1. The minimum atomic E-state index is -1.33. The Morgan fingerprint density at radius 2 is 2.18 bits per heavy atom. The van der Waals surface area contributed by atoms with E-state index >= 15 is 0 Å². The van der Waals surface area contributed by atoms with Gasteiger partial charge in [-0.2, -0.15) is 4.57 Å². The Morgan fingerprint density at radius 1 is 1.55 bits per heavy atom. The lowest BCUT2D eigenvalue weighted by molar-refractivity contribution is -0.392. The fraction of sp³-hybridized carbons (Fsp3) is 0.455. The summed E-state index contributed by atoms with van der Waals surface area (Å²) in [5.41, 5.74) is 4.82. The fourth-order valence-electron chi connectivity index (χ4n) is 1.84. The lowest BCUT2D eigenvalue weighted by atomic mass is 10.2. The number of imidazole rings is 1. The predicted molar refractivity (Wildman–Crippen MR) is 71.6 cm³/mol. The number of aromatic nitrogens is 2. The topological polar surface area (TPSA) is 159 Å². The van der Waals surface area contributed by atoms with Gasteiger partial charge < -0.3 is 20.6 Å². The number of hydrogen-bond donors (Lipinski definition) is 2. The Kier molecular flexibility index (Phi) is 5.55. The van der Waals surface area contributed by atoms with E-state index in [1.54, 1.807) is 12.2 Å². The van der Waals surface area contributed by atoms with Crippen molar-refractivity contribution in [2.45, 2.75) is 26.3 Å². The number of carbonyl (C=O) groups is 3. The van der Waals surface area contributed by atoms with Crippen LogP contribution in [0.15, 0.2) is 6.20 Å². The van der Waals surface area contributed by atoms with Crippen LogP contribution in [0, 0.1) is 17.0 Å². The van der Waals surface area contributed by atoms with E-state index in [0.717, 1.165) is 10.8 Å². The molecule has 0 spiro atoms. The van der Waals surface area contributed by atoms with Crippen molar-refractivity contribution in [2.75, 3.05) is 6.61 Å². The average Bonchev–Trinajstić information content (AvgIpc) is 2.77. The summed E-state index contributed by atoms with van der Waals surface area (Å²) < 4.78 is 5.79. The van der Waals surface area contributed by atoms with Crippen LogP contribution >= 0.6 is 0 Å². The van der Waals surface area contributed by atoms with Gasteiger partial charge in [-0.1, -0.05) is 0 Å². The molecule has 1 heterocycles. The van der Waals surface area contributed by atoms with Crippen molar-refractivity contribution >= 4 is 23.7 Å². The molecule has 3 amide bonds. The van der Waals surface area contributed by atoms with E-state index in [0.29, 0.717) is 0 Å². The van der Waals surface area contributed by atoms with E-state index in [1.165, 1.54) is 6.92 Å². The number of carbonyl (C=O) groups excluding carboxylic acids is 3. The highest BCUT2D eigenvalue weighted by molar-refractivity contribution is 5.95. The number of aryl methyl sites for hydroxylation is 1. The van der Waals surface area contributed by atoms with Crippen molar-refractivity contribution in [1.29, 1.82) is 0 Å². The van der Waals surface area contributed by atoms with Crippen LogP contribution in [0.1, 0.15) is 25.2 Å². The largest absolute Gasteiger partial charge is 0.463 e. The van der Waals surface area contributed by atoms with E-state index in [4.69, 9.17) is 10.5 Å². The van der Waals surface area contributed by atoms with Crippen LogP contribution in [-0.4, -0.2) is 39.0 Å². The number of rotatable bonds is 6. The normalized spacial score (nSPS) is 11.5. The molecule has 11 heteroatoms. The number of amides is 3. The van der Waals surface area contributed by atoms with Gasteiger partial charge in [0.15, 0.2) is 5.82 Å². The molecule has 0 aliphatic rings. The van der Waals surface area contributed by atoms with Crippen LogP contribution in [0.25, 0.3) is 0 Å². The molecule has 1 aromatic heterocycles. The van der Waals surface area contributed by atoms with Gasteiger partial charge in [0.2, 0.25) is 11.9 Å². The van der Waals surface area contributed by atoms with Crippen molar-refractivity contribution in [3.05, 3.63) is 22.1 Å². The Morgan fingerprint density at radius 3 is 2.68 bits per heavy atom. The number of esters is 1. The van der Waals surface area contributed by atoms with E-state index in [2.05, 4.69) is 4.98 Å². The lowest BCUT2D eigenvalue weighted by Gasteiger charge is -2.14. The molecule has 0 aliphatic carbocycles. The maximum atomic E-state index is 12.0. The van der Waals surface area contributed by atoms with Gasteiger partial charge in [-0.05, 0) is 11.8 Å². The molecular weight excluding hydrogens is 298 g/mol. The SMILES string of the molecule is CCOC(=O)C(CC(=O)NC(N)=O)n1c([N+](=O)[O-])cnc1C. The smallest absolute Gasteiger partial charge is 0.352 e. The molecule has 1 atom stereocenters. The van der Waals surface area contributed by atoms with Crippen molar-refractivity contribution < 1.29 is 24.0 Å². The number of nitrogens with one attached hydrogen (secondary N) is 1. The lowest BCUT2D eigenvalue weighted by Crippen LogP contribution is -2.38. The van der Waals surface area contributed by atoms with Gasteiger partial charge in [-0.25, -0.2) is 14.6 Å². The minimum absolute atomic E-state index is 0.0221. The van der Waals surface area contributed by atoms with Crippen molar-refractivity contribution in [2.24, 2.45) is 5.73 Å². The van der Waals surface area contributed by atoms with Crippen LogP contribution in [0.3, 0.4) is 0 Å². The molecule has 0 saturated carbocycles. The summed E-state index contributed by atoms with van der Waals surface area (Å²) in [5, 5.41) is 12.8. The van der Waals surface area contributed by atoms with Gasteiger partial charge in [0.1, 0.15) is 6.20 Å². The predicted octanol–water partition coefficient (Wildman–Crippen LogP) is -0.211. The summed E-state index contributed by atoms with van der Waals surface area (Å²) in [6.45, 7) is 3.01. The molecule has 0 saturated heterocycles. The third-order valence-electron chi connectivity index (χ3n) is 2.66. The number of imide groups is 1. The number of nitro groups is 1. The van der Waals surface area contributed by atoms with Crippen LogP contribution in [0.5, 0.6) is 0 Å². The van der Waals surface area contributed by atoms with Crippen LogP contribution in [0.4, 0.5) is 10.6 Å². The van der Waals surface area contributed by atoms with Crippen molar-refractivity contribution in [3.63, 3.8) is 0 Å². The third kappa shape index (κ3) is 4.01. The standard InChI is InChI=1S/C11H15N5O6/c1-3-22-10(18)7(4-8(17)14-11(12)19)15-6(2)13-5-9(15)16(20)21/h5,7H,3-4H2,1-2H3,(H3,12,14,17,19). The monoisotopic (exact) mass is 313 g/mol. The number of primary amides is 1. The van der Waals surface area contributed by atoms with Crippen molar-refractivity contribution in [3.8, 4) is 0 Å². The highest BCUT2D eigenvalue weighted by Crippen LogP contribution is 2.24. The Labute approximate surface area is 124 Å². The molecule has 120 valence electrons. The van der Waals surface area contributed by atoms with Gasteiger partial charge in [0, 0.05) is 6.92 Å². The second-order valence-corrected chi connectivity index (χ2v) is 4.18. The summed E-state index contributed by atoms with van der Waals surface area (Å²) in [7, 11) is 0. The molecule has 1 rings (SSSR count). The molecular formula is C11H15N5O6. The zero-order chi connectivity index (χ0) is 16.9. The number of nitrogens with zero attached hydrogens (tertiary/aromatic N) is 3. The van der Waals surface area contributed by atoms with Gasteiger partial charge in [-0.3, -0.25) is 10.1 Å². The zero-order valence-corrected chi connectivity index (χ0v) is 11.9. The molecule has 22 heavy (non-hydrogen) atoms. The van der Waals surface area contributed by atoms with Gasteiger partial charge in [0.25, 0.3) is 0 Å². The summed E-state index contributed by atoms with van der Waals surface area (Å²) >= 11 is 0. The first-order chi connectivity index (χ1) is 10.3. The molecule has 11 nitrogen and oxygen atoms in total. The molecule has 1 aromatic rings. The summed E-state index contributed by atoms with van der Waals surface area (Å²) in [4.78, 5) is 48.3. The molecule has 0 radical (unpaired) electrons. The van der Waals surface area contributed by atoms with Crippen molar-refractivity contribution in [1.82, 2.24) is 14.9 Å². The Balaban J connectivity index is 3.18. The summed E-state index contributed by atoms with van der Waals surface area (Å²) in [6, 6.07) is -2.42. The van der Waals surface area contributed by atoms with Gasteiger partial charge >= 0.3 is 17.8 Å². The quantitative estimate of drug-likeness (QED) is 0.417. The fourth-order valence-corrected chi connectivity index (χ4v) is 1.84. The van der Waals surface area contributed by atoms with Crippen LogP contribution < -0.4 is 11.1 Å². The second kappa shape index (κ2) is 7.15. The number of hydrogen-bond acceptors (Lipinski definition) is 7. The summed E-state index contributed by atoms with van der Waals surface area (Å²) in [6.07, 6.45) is 0.410. The Hall–Kier alpha value is -2.98. The first kappa shape index (κ1) is 17.1. The maximum Gasteiger partial charge on any atom is 0.352 e. The minimum Gasteiger partial charge on any atom is -0.463 e. The highest BCUT2D eigenvalue weighted by Gasteiger charge is 2.35. The Bertz CT molecular complexity index is 610. The molecule has 0 fully saturated rings. The zero-order valence-electron chi connectivity index (χ0n) is 11.9. The van der Waals surface area contributed by atoms with Crippen LogP contribution in [-0.2, 0) is 14.3 Å². The van der Waals surface area contributed by atoms with Crippen LogP contribution in [0.2, 0.25) is 0 Å². The average molecular weight is 313 g/mol. The van der Waals surface area contributed by atoms with E-state index in [-0.39, 0.29) is 12.4 Å². The third-order valence-corrected chi connectivity index (χ3v) is 2.66. The van der Waals surface area contributed by atoms with E-state index in [9.17, 15) is 24.5 Å². The van der Waals surface area contributed by atoms with Gasteiger partial charge in [-0.15, -0.1) is 0 Å². The second-order valence-electron chi connectivity index (χ2n) is 4.18. The highest BCUT2D eigenvalue weighted by atomic mass is 16.6. The van der Waals surface area contributed by atoms with Gasteiger partial charge in [0.05, 0.1) is 13.0 Å². The maximum absolute atomic E-state index is 12.0. The van der Waals surface area contributed by atoms with E-state index in [1.807, 2.05) is 0 Å². The summed E-state index contributed by atoms with van der Waals surface area (Å²) in [5.74, 6) is -2.04. The first-order valence-corrected chi connectivity index (χ1v) is 6.22. The first-order valence-electron chi connectivity index (χ1n) is 6.22. The van der Waals surface area contributed by atoms with E-state index < -0.39 is 41.1 Å². The number of ether oxygens (including phenoxy) is 1. The number of nitrogens with two attached hydrogens (primary N) is 1. The molecule has 0 bridgehead atoms. The molecule has 0 aliphatic heterocycles. The molecule has 0 aromatic carbocycles. The molecule has 1 unspecified atom stereocenters.